The lowest BCUT2D eigenvalue weighted by molar-refractivity contribution is 1.16. The predicted octanol–water partition coefficient (Wildman–Crippen LogP) is 27.3. The van der Waals surface area contributed by atoms with Crippen LogP contribution in [0.4, 0.5) is 0 Å². The van der Waals surface area contributed by atoms with Crippen molar-refractivity contribution in [1.29, 1.82) is 0 Å². The van der Waals surface area contributed by atoms with Crippen LogP contribution >= 0.6 is 0 Å². The predicted molar refractivity (Wildman–Crippen MR) is 467 cm³/mol. The number of hydrogen-bond acceptors (Lipinski definition) is 3. The second-order valence-electron chi connectivity index (χ2n) is 28.7. The van der Waals surface area contributed by atoms with E-state index in [9.17, 15) is 0 Å². The monoisotopic (exact) mass is 1430 g/mol. The maximum absolute atomic E-state index is 5.18. The van der Waals surface area contributed by atoms with Crippen LogP contribution in [-0.2, 0) is 0 Å². The van der Waals surface area contributed by atoms with E-state index in [-0.39, 0.29) is 0 Å². The summed E-state index contributed by atoms with van der Waals surface area (Å²) in [6.07, 6.45) is 0. The van der Waals surface area contributed by atoms with Gasteiger partial charge in [-0.2, -0.15) is 0 Å². The maximum atomic E-state index is 5.18. The molecule has 6 heterocycles. The first kappa shape index (κ1) is 65.3. The summed E-state index contributed by atoms with van der Waals surface area (Å²) in [5.41, 5.74) is 30.1. The zero-order valence-corrected chi connectivity index (χ0v) is 61.0. The van der Waals surface area contributed by atoms with Gasteiger partial charge in [0.2, 0.25) is 0 Å². The molecule has 0 atom stereocenters. The zero-order chi connectivity index (χ0) is 74.0. The fourth-order valence-electron chi connectivity index (χ4n) is 16.7. The molecule has 22 rings (SSSR count). The fourth-order valence-corrected chi connectivity index (χ4v) is 16.7. The van der Waals surface area contributed by atoms with E-state index < -0.39 is 0 Å². The molecular formula is C105H69N7. The lowest BCUT2D eigenvalue weighted by atomic mass is 10.00. The van der Waals surface area contributed by atoms with Gasteiger partial charge in [-0.3, -0.25) is 0 Å². The second kappa shape index (κ2) is 27.6. The van der Waals surface area contributed by atoms with Crippen LogP contribution in [0.25, 0.3) is 200 Å². The van der Waals surface area contributed by atoms with E-state index in [4.69, 9.17) is 15.0 Å². The molecule has 7 heteroatoms. The number of hydrogen-bond donors (Lipinski definition) is 0. The molecule has 16 aromatic carbocycles. The molecule has 0 aliphatic heterocycles. The van der Waals surface area contributed by atoms with Gasteiger partial charge in [0.25, 0.3) is 0 Å². The van der Waals surface area contributed by atoms with Crippen LogP contribution < -0.4 is 0 Å². The van der Waals surface area contributed by atoms with Gasteiger partial charge in [-0.25, -0.2) is 15.0 Å². The molecule has 6 aromatic heterocycles. The van der Waals surface area contributed by atoms with Crippen LogP contribution in [0.1, 0.15) is 0 Å². The molecule has 22 aromatic rings. The highest BCUT2D eigenvalue weighted by Crippen LogP contribution is 2.43. The van der Waals surface area contributed by atoms with Gasteiger partial charge in [0, 0.05) is 93.7 Å². The Hall–Kier alpha value is -15.1. The Labute approximate surface area is 647 Å². The third-order valence-electron chi connectivity index (χ3n) is 22.1. The van der Waals surface area contributed by atoms with Crippen molar-refractivity contribution in [2.75, 3.05) is 0 Å². The highest BCUT2D eigenvalue weighted by molar-refractivity contribution is 6.15. The molecule has 0 amide bonds. The van der Waals surface area contributed by atoms with Crippen molar-refractivity contribution in [2.45, 2.75) is 0 Å². The lowest BCUT2D eigenvalue weighted by Gasteiger charge is -2.12. The molecule has 0 fully saturated rings. The first-order valence-electron chi connectivity index (χ1n) is 38.1. The molecule has 0 aliphatic rings. The minimum absolute atomic E-state index is 0.701. The Kier molecular flexibility index (Phi) is 16.1. The molecule has 0 aliphatic carbocycles. The first-order valence-corrected chi connectivity index (χ1v) is 38.1. The minimum Gasteiger partial charge on any atom is -0.309 e. The molecule has 524 valence electrons. The van der Waals surface area contributed by atoms with Gasteiger partial charge >= 0.3 is 0 Å². The van der Waals surface area contributed by atoms with Gasteiger partial charge in [-0.15, -0.1) is 0 Å². The molecule has 0 N–H and O–H groups in total. The van der Waals surface area contributed by atoms with Crippen molar-refractivity contribution in [2.24, 2.45) is 0 Å². The summed E-state index contributed by atoms with van der Waals surface area (Å²) in [5.74, 6) is 0.701. The Morgan fingerprint density at radius 3 is 0.786 bits per heavy atom. The summed E-state index contributed by atoms with van der Waals surface area (Å²) in [6, 6.07) is 149. The second-order valence-corrected chi connectivity index (χ2v) is 28.7. The van der Waals surface area contributed by atoms with E-state index in [1.54, 1.807) is 0 Å². The van der Waals surface area contributed by atoms with Gasteiger partial charge < -0.3 is 18.3 Å². The summed E-state index contributed by atoms with van der Waals surface area (Å²) < 4.78 is 9.52. The Morgan fingerprint density at radius 2 is 0.393 bits per heavy atom. The van der Waals surface area contributed by atoms with Crippen molar-refractivity contribution in [1.82, 2.24) is 33.2 Å². The molecule has 0 radical (unpaired) electrons. The van der Waals surface area contributed by atoms with E-state index in [2.05, 4.69) is 394 Å². The van der Waals surface area contributed by atoms with Gasteiger partial charge in [-0.05, 0) is 173 Å². The Balaban J connectivity index is 0.000000141. The van der Waals surface area contributed by atoms with Crippen molar-refractivity contribution in [3.05, 3.63) is 419 Å². The highest BCUT2D eigenvalue weighted by Gasteiger charge is 2.21. The summed E-state index contributed by atoms with van der Waals surface area (Å²) in [5, 5.41) is 9.94. The number of rotatable bonds is 12. The molecule has 7 nitrogen and oxygen atoms in total. The van der Waals surface area contributed by atoms with Crippen molar-refractivity contribution in [3.63, 3.8) is 0 Å². The number of nitrogens with zero attached hydrogens (tertiary/aromatic N) is 7. The normalized spacial score (nSPS) is 11.6. The number of pyridine rings is 1. The summed E-state index contributed by atoms with van der Waals surface area (Å²) in [6.45, 7) is 0. The van der Waals surface area contributed by atoms with E-state index >= 15 is 0 Å². The number of fused-ring (bicyclic) bond motifs is 12. The molecule has 0 bridgehead atoms. The summed E-state index contributed by atoms with van der Waals surface area (Å²) in [4.78, 5) is 15.3. The van der Waals surface area contributed by atoms with E-state index in [0.29, 0.717) is 5.82 Å². The molecule has 0 saturated carbocycles. The van der Waals surface area contributed by atoms with Crippen molar-refractivity contribution < 1.29 is 0 Å². The Morgan fingerprint density at radius 1 is 0.134 bits per heavy atom. The molecule has 0 spiro atoms. The molecule has 0 saturated heterocycles. The molecule has 0 unspecified atom stereocenters. The van der Waals surface area contributed by atoms with Gasteiger partial charge in [0.15, 0.2) is 5.82 Å². The number of para-hydroxylation sites is 6. The van der Waals surface area contributed by atoms with Crippen LogP contribution in [-0.4, -0.2) is 33.2 Å². The van der Waals surface area contributed by atoms with Gasteiger partial charge in [0.05, 0.1) is 66.9 Å². The van der Waals surface area contributed by atoms with Crippen LogP contribution in [0.5, 0.6) is 0 Å². The maximum Gasteiger partial charge on any atom is 0.160 e. The minimum atomic E-state index is 0.701. The van der Waals surface area contributed by atoms with E-state index in [1.165, 1.54) is 110 Å². The van der Waals surface area contributed by atoms with Crippen LogP contribution in [0, 0.1) is 0 Å². The van der Waals surface area contributed by atoms with Crippen LogP contribution in [0.15, 0.2) is 419 Å². The first-order chi connectivity index (χ1) is 55.5. The molecular weight excluding hydrogens is 1360 g/mol. The van der Waals surface area contributed by atoms with Crippen molar-refractivity contribution in [3.8, 4) is 113 Å². The van der Waals surface area contributed by atoms with Crippen LogP contribution in [0.3, 0.4) is 0 Å². The number of aromatic nitrogens is 7. The average Bonchev–Trinajstić information content (AvgIpc) is 1.59. The quantitative estimate of drug-likeness (QED) is 0.122. The Bertz CT molecular complexity index is 6750. The van der Waals surface area contributed by atoms with Gasteiger partial charge in [0.1, 0.15) is 0 Å². The smallest absolute Gasteiger partial charge is 0.160 e. The standard InChI is InChI=1S/C53H35N3.C52H34N4/c1-4-14-36(15-5-1)41-33-48(37-16-6-2-7-17-37)54-49(34-41)38-24-28-43(29-25-38)55-51-23-13-11-21-45(51)47-32-39(27-31-52(47)55)40-26-30-46-44-20-10-12-22-50(44)56(53(46)35-40)42-18-8-3-9-19-42;1-4-14-35(15-5-1)46-34-47(36-16-6-2-7-17-36)54-52(53-46)37-24-28-41(29-25-37)55-49-23-13-11-21-43(49)45-32-38(27-31-50(45)55)39-26-30-44-42-20-10-12-22-48(42)56(51(44)33-39)40-18-8-3-9-19-40/h1-35H;1-34H. The summed E-state index contributed by atoms with van der Waals surface area (Å²) in [7, 11) is 0. The highest BCUT2D eigenvalue weighted by atomic mass is 15.0. The van der Waals surface area contributed by atoms with Crippen LogP contribution in [0.2, 0.25) is 0 Å². The number of benzene rings is 16. The third-order valence-corrected chi connectivity index (χ3v) is 22.1. The fraction of sp³-hybridized carbons (Fsp3) is 0. The van der Waals surface area contributed by atoms with E-state index in [0.717, 1.165) is 84.4 Å². The SMILES string of the molecule is c1ccc(-c2cc(-c3ccccc3)nc(-c3ccc(-n4c5ccccc5c5cc(-c6ccc7c8ccccc8n(-c8ccccc8)c7c6)ccc54)cc3)c2)cc1.c1ccc(-c2cc(-c3ccccc3)nc(-c3ccc(-n4c5ccccc5c5cc(-c6ccc7c8ccccc8n(-c8ccccc8)c7c6)ccc54)cc3)n2)cc1. The average molecular weight is 1430 g/mol. The third kappa shape index (κ3) is 11.6. The summed E-state index contributed by atoms with van der Waals surface area (Å²) >= 11 is 0. The topological polar surface area (TPSA) is 58.4 Å². The largest absolute Gasteiger partial charge is 0.309 e. The van der Waals surface area contributed by atoms with E-state index in [1.807, 2.05) is 42.5 Å². The zero-order valence-electron chi connectivity index (χ0n) is 61.0. The molecule has 112 heavy (non-hydrogen) atoms. The van der Waals surface area contributed by atoms with Crippen molar-refractivity contribution >= 4 is 87.2 Å². The van der Waals surface area contributed by atoms with Gasteiger partial charge in [-0.1, -0.05) is 279 Å². The lowest BCUT2D eigenvalue weighted by Crippen LogP contribution is -1.97.